The molecule has 0 unspecified atom stereocenters. The van der Waals surface area contributed by atoms with Gasteiger partial charge < -0.3 is 0 Å². The largest absolute Gasteiger partial charge is 0.296 e. The highest BCUT2D eigenvalue weighted by molar-refractivity contribution is 6.29. The molecule has 0 aliphatic heterocycles. The Hall–Kier alpha value is -1.67. The molecule has 1 aromatic heterocycles. The van der Waals surface area contributed by atoms with E-state index < -0.39 is 0 Å². The third-order valence-corrected chi connectivity index (χ3v) is 2.24. The number of carbonyl (C=O) groups excluding carboxylic acids is 1. The zero-order chi connectivity index (χ0) is 10.7. The van der Waals surface area contributed by atoms with Gasteiger partial charge in [0.05, 0.1) is 0 Å². The lowest BCUT2D eigenvalue weighted by Gasteiger charge is -2.02. The fourth-order valence-electron chi connectivity index (χ4n) is 1.37. The first-order valence-electron chi connectivity index (χ1n) is 4.48. The van der Waals surface area contributed by atoms with Crippen molar-refractivity contribution in [1.29, 1.82) is 0 Å². The summed E-state index contributed by atoms with van der Waals surface area (Å²) >= 11 is 5.81. The van der Waals surface area contributed by atoms with Crippen LogP contribution < -0.4 is 0 Å². The van der Waals surface area contributed by atoms with Crippen molar-refractivity contribution in [3.05, 3.63) is 53.3 Å². The lowest BCUT2D eigenvalue weighted by atomic mass is 10.1. The molecule has 0 spiro atoms. The van der Waals surface area contributed by atoms with Crippen molar-refractivity contribution in [2.45, 2.75) is 0 Å². The summed E-state index contributed by atoms with van der Waals surface area (Å²) in [6, 6.07) is 13.2. The second kappa shape index (κ2) is 4.24. The molecule has 0 amide bonds. The number of hydrogen-bond donors (Lipinski definition) is 0. The molecule has 0 radical (unpaired) electrons. The Labute approximate surface area is 92.5 Å². The normalized spacial score (nSPS) is 9.93. The molecule has 0 N–H and O–H groups in total. The summed E-state index contributed by atoms with van der Waals surface area (Å²) < 4.78 is 0. The number of pyridine rings is 1. The van der Waals surface area contributed by atoms with Gasteiger partial charge in [0.2, 0.25) is 0 Å². The molecule has 15 heavy (non-hydrogen) atoms. The Kier molecular flexibility index (Phi) is 2.79. The van der Waals surface area contributed by atoms with Crippen LogP contribution in [0, 0.1) is 0 Å². The van der Waals surface area contributed by atoms with Crippen LogP contribution in [0.5, 0.6) is 0 Å². The number of carbonyl (C=O) groups is 1. The highest BCUT2D eigenvalue weighted by Crippen LogP contribution is 2.21. The van der Waals surface area contributed by atoms with Gasteiger partial charge in [-0.15, -0.1) is 0 Å². The van der Waals surface area contributed by atoms with Gasteiger partial charge in [-0.25, -0.2) is 4.98 Å². The van der Waals surface area contributed by atoms with Crippen LogP contribution in [-0.2, 0) is 0 Å². The predicted octanol–water partition coefficient (Wildman–Crippen LogP) is 3.21. The maximum atomic E-state index is 10.6. The van der Waals surface area contributed by atoms with Gasteiger partial charge in [-0.1, -0.05) is 41.9 Å². The lowest BCUT2D eigenvalue weighted by Crippen LogP contribution is -1.88. The summed E-state index contributed by atoms with van der Waals surface area (Å²) in [4.78, 5) is 14.5. The van der Waals surface area contributed by atoms with Crippen LogP contribution in [0.25, 0.3) is 11.1 Å². The van der Waals surface area contributed by atoms with E-state index in [1.165, 1.54) is 0 Å². The Balaban J connectivity index is 2.53. The Morgan fingerprint density at radius 2 is 1.80 bits per heavy atom. The van der Waals surface area contributed by atoms with Crippen LogP contribution in [0.1, 0.15) is 10.5 Å². The minimum absolute atomic E-state index is 0.332. The number of aldehydes is 1. The molecule has 2 rings (SSSR count). The van der Waals surface area contributed by atoms with Crippen molar-refractivity contribution in [1.82, 2.24) is 4.98 Å². The average molecular weight is 218 g/mol. The molecule has 0 bridgehead atoms. The summed E-state index contributed by atoms with van der Waals surface area (Å²) in [6.45, 7) is 0. The summed E-state index contributed by atoms with van der Waals surface area (Å²) in [5, 5.41) is 0.332. The van der Waals surface area contributed by atoms with Crippen molar-refractivity contribution >= 4 is 17.9 Å². The Morgan fingerprint density at radius 1 is 1.07 bits per heavy atom. The number of nitrogens with zero attached hydrogens (tertiary/aromatic N) is 1. The van der Waals surface area contributed by atoms with E-state index in [1.54, 1.807) is 12.1 Å². The molecule has 3 heteroatoms. The van der Waals surface area contributed by atoms with Gasteiger partial charge in [-0.2, -0.15) is 0 Å². The van der Waals surface area contributed by atoms with Crippen molar-refractivity contribution in [3.63, 3.8) is 0 Å². The molecule has 0 atom stereocenters. The topological polar surface area (TPSA) is 30.0 Å². The molecule has 0 fully saturated rings. The lowest BCUT2D eigenvalue weighted by molar-refractivity contribution is 0.111. The SMILES string of the molecule is O=Cc1cc(-c2ccccc2)cc(Cl)n1. The number of halogens is 1. The van der Waals surface area contributed by atoms with Gasteiger partial charge in [-0.05, 0) is 23.3 Å². The van der Waals surface area contributed by atoms with Crippen molar-refractivity contribution in [3.8, 4) is 11.1 Å². The highest BCUT2D eigenvalue weighted by atomic mass is 35.5. The number of rotatable bonds is 2. The molecule has 1 heterocycles. The maximum absolute atomic E-state index is 10.6. The molecule has 0 aliphatic rings. The fraction of sp³-hybridized carbons (Fsp3) is 0. The summed E-state index contributed by atoms with van der Waals surface area (Å²) in [6.07, 6.45) is 0.693. The Bertz CT molecular complexity index is 482. The van der Waals surface area contributed by atoms with E-state index in [1.807, 2.05) is 30.3 Å². The third-order valence-electron chi connectivity index (χ3n) is 2.04. The van der Waals surface area contributed by atoms with Crippen LogP contribution in [0.4, 0.5) is 0 Å². The van der Waals surface area contributed by atoms with Gasteiger partial charge in [-0.3, -0.25) is 4.79 Å². The zero-order valence-corrected chi connectivity index (χ0v) is 8.61. The van der Waals surface area contributed by atoms with Crippen LogP contribution in [-0.4, -0.2) is 11.3 Å². The van der Waals surface area contributed by atoms with Crippen molar-refractivity contribution in [2.24, 2.45) is 0 Å². The number of benzene rings is 1. The van der Waals surface area contributed by atoms with E-state index >= 15 is 0 Å². The first-order valence-corrected chi connectivity index (χ1v) is 4.85. The first kappa shape index (κ1) is 9.87. The molecule has 0 saturated heterocycles. The van der Waals surface area contributed by atoms with E-state index in [0.29, 0.717) is 17.1 Å². The minimum Gasteiger partial charge on any atom is -0.296 e. The second-order valence-electron chi connectivity index (χ2n) is 3.09. The van der Waals surface area contributed by atoms with E-state index in [0.717, 1.165) is 11.1 Å². The molecular formula is C12H8ClNO. The summed E-state index contributed by atoms with van der Waals surface area (Å²) in [7, 11) is 0. The molecule has 2 nitrogen and oxygen atoms in total. The average Bonchev–Trinajstić information content (AvgIpc) is 2.29. The predicted molar refractivity (Wildman–Crippen MR) is 60.1 cm³/mol. The third kappa shape index (κ3) is 2.22. The van der Waals surface area contributed by atoms with E-state index in [-0.39, 0.29) is 0 Å². The van der Waals surface area contributed by atoms with Crippen LogP contribution >= 0.6 is 11.6 Å². The van der Waals surface area contributed by atoms with Gasteiger partial charge in [0.1, 0.15) is 10.8 Å². The fourth-order valence-corrected chi connectivity index (χ4v) is 1.59. The smallest absolute Gasteiger partial charge is 0.168 e. The quantitative estimate of drug-likeness (QED) is 0.571. The van der Waals surface area contributed by atoms with Crippen LogP contribution in [0.3, 0.4) is 0 Å². The van der Waals surface area contributed by atoms with E-state index in [2.05, 4.69) is 4.98 Å². The summed E-state index contributed by atoms with van der Waals surface area (Å²) in [5.74, 6) is 0. The van der Waals surface area contributed by atoms with E-state index in [4.69, 9.17) is 11.6 Å². The van der Waals surface area contributed by atoms with Gasteiger partial charge in [0.25, 0.3) is 0 Å². The molecular weight excluding hydrogens is 210 g/mol. The monoisotopic (exact) mass is 217 g/mol. The maximum Gasteiger partial charge on any atom is 0.168 e. The van der Waals surface area contributed by atoms with E-state index in [9.17, 15) is 4.79 Å². The molecule has 0 aliphatic carbocycles. The van der Waals surface area contributed by atoms with Crippen molar-refractivity contribution in [2.75, 3.05) is 0 Å². The van der Waals surface area contributed by atoms with Crippen LogP contribution in [0.2, 0.25) is 5.15 Å². The molecule has 74 valence electrons. The van der Waals surface area contributed by atoms with Crippen LogP contribution in [0.15, 0.2) is 42.5 Å². The first-order chi connectivity index (χ1) is 7.29. The molecule has 1 aromatic carbocycles. The molecule has 0 saturated carbocycles. The number of hydrogen-bond acceptors (Lipinski definition) is 2. The zero-order valence-electron chi connectivity index (χ0n) is 7.85. The van der Waals surface area contributed by atoms with Gasteiger partial charge >= 0.3 is 0 Å². The number of aromatic nitrogens is 1. The van der Waals surface area contributed by atoms with Crippen molar-refractivity contribution < 1.29 is 4.79 Å². The summed E-state index contributed by atoms with van der Waals surface area (Å²) in [5.41, 5.74) is 2.27. The standard InChI is InChI=1S/C12H8ClNO/c13-12-7-10(6-11(8-15)14-12)9-4-2-1-3-5-9/h1-8H. The highest BCUT2D eigenvalue weighted by Gasteiger charge is 2.02. The second-order valence-corrected chi connectivity index (χ2v) is 3.47. The van der Waals surface area contributed by atoms with Gasteiger partial charge in [0.15, 0.2) is 6.29 Å². The molecule has 2 aromatic rings. The minimum atomic E-state index is 0.332. The Morgan fingerprint density at radius 3 is 2.47 bits per heavy atom. The van der Waals surface area contributed by atoms with Gasteiger partial charge in [0, 0.05) is 0 Å².